The van der Waals surface area contributed by atoms with Gasteiger partial charge in [-0.1, -0.05) is 30.3 Å². The van der Waals surface area contributed by atoms with Gasteiger partial charge in [-0.15, -0.1) is 0 Å². The van der Waals surface area contributed by atoms with Crippen molar-refractivity contribution < 1.29 is 9.84 Å². The van der Waals surface area contributed by atoms with Gasteiger partial charge in [0.15, 0.2) is 5.96 Å². The first-order valence-electron chi connectivity index (χ1n) is 6.89. The van der Waals surface area contributed by atoms with E-state index in [1.165, 1.54) is 5.56 Å². The summed E-state index contributed by atoms with van der Waals surface area (Å²) >= 11 is 0. The first kappa shape index (κ1) is 16.5. The zero-order valence-electron chi connectivity index (χ0n) is 12.2. The Bertz CT molecular complexity index is 393. The van der Waals surface area contributed by atoms with Gasteiger partial charge in [-0.3, -0.25) is 4.99 Å². The molecule has 0 fully saturated rings. The van der Waals surface area contributed by atoms with E-state index in [2.05, 4.69) is 22.4 Å². The van der Waals surface area contributed by atoms with Crippen LogP contribution in [0.2, 0.25) is 0 Å². The number of aliphatic hydroxyl groups is 1. The standard InChI is InChI=1S/C15H25N3O2/c1-12(19)10-14(13-6-4-3-5-7-13)11-18-15(16)17-8-9-20-2/h3-7,12,14,19H,8-11H2,1-2H3,(H3,16,17,18). The van der Waals surface area contributed by atoms with Crippen molar-refractivity contribution in [2.75, 3.05) is 26.8 Å². The maximum atomic E-state index is 9.61. The minimum absolute atomic E-state index is 0.166. The Morgan fingerprint density at radius 2 is 2.10 bits per heavy atom. The predicted molar refractivity (Wildman–Crippen MR) is 81.8 cm³/mol. The number of hydrogen-bond acceptors (Lipinski definition) is 3. The molecule has 1 aromatic rings. The van der Waals surface area contributed by atoms with E-state index in [1.54, 1.807) is 14.0 Å². The van der Waals surface area contributed by atoms with Crippen molar-refractivity contribution in [1.82, 2.24) is 5.32 Å². The Balaban J connectivity index is 2.59. The van der Waals surface area contributed by atoms with Crippen molar-refractivity contribution in [3.8, 4) is 0 Å². The van der Waals surface area contributed by atoms with Crippen molar-refractivity contribution in [1.29, 1.82) is 0 Å². The normalized spacial score (nSPS) is 14.8. The quantitative estimate of drug-likeness (QED) is 0.378. The highest BCUT2D eigenvalue weighted by Gasteiger charge is 2.13. The van der Waals surface area contributed by atoms with Crippen LogP contribution in [0.4, 0.5) is 0 Å². The zero-order chi connectivity index (χ0) is 14.8. The van der Waals surface area contributed by atoms with Crippen LogP contribution in [-0.4, -0.2) is 44.0 Å². The minimum Gasteiger partial charge on any atom is -0.393 e. The second kappa shape index (κ2) is 9.34. The molecule has 1 aromatic carbocycles. The number of ether oxygens (including phenoxy) is 1. The van der Waals surface area contributed by atoms with Crippen LogP contribution in [0.3, 0.4) is 0 Å². The van der Waals surface area contributed by atoms with E-state index < -0.39 is 0 Å². The van der Waals surface area contributed by atoms with E-state index in [4.69, 9.17) is 10.5 Å². The molecule has 112 valence electrons. The highest BCUT2D eigenvalue weighted by atomic mass is 16.5. The maximum Gasteiger partial charge on any atom is 0.188 e. The third-order valence-electron chi connectivity index (χ3n) is 2.99. The number of guanidine groups is 1. The molecule has 0 amide bonds. The lowest BCUT2D eigenvalue weighted by Crippen LogP contribution is -2.34. The summed E-state index contributed by atoms with van der Waals surface area (Å²) in [5, 5.41) is 12.6. The highest BCUT2D eigenvalue weighted by Crippen LogP contribution is 2.21. The number of aliphatic hydroxyl groups excluding tert-OH is 1. The molecule has 2 unspecified atom stereocenters. The van der Waals surface area contributed by atoms with Crippen LogP contribution in [-0.2, 0) is 4.74 Å². The number of rotatable bonds is 8. The molecule has 5 nitrogen and oxygen atoms in total. The zero-order valence-corrected chi connectivity index (χ0v) is 12.2. The van der Waals surface area contributed by atoms with Gasteiger partial charge in [0.1, 0.15) is 0 Å². The molecule has 5 heteroatoms. The summed E-state index contributed by atoms with van der Waals surface area (Å²) in [6.45, 7) is 3.57. The van der Waals surface area contributed by atoms with Crippen LogP contribution in [0, 0.1) is 0 Å². The number of benzene rings is 1. The summed E-state index contributed by atoms with van der Waals surface area (Å²) in [5.41, 5.74) is 6.96. The molecule has 4 N–H and O–H groups in total. The SMILES string of the molecule is COCCNC(N)=NCC(CC(C)O)c1ccccc1. The van der Waals surface area contributed by atoms with Crippen molar-refractivity contribution in [2.24, 2.45) is 10.7 Å². The van der Waals surface area contributed by atoms with Gasteiger partial charge in [0.2, 0.25) is 0 Å². The van der Waals surface area contributed by atoms with E-state index in [0.717, 1.165) is 0 Å². The maximum absolute atomic E-state index is 9.61. The number of nitrogens with one attached hydrogen (secondary N) is 1. The topological polar surface area (TPSA) is 79.9 Å². The van der Waals surface area contributed by atoms with Crippen LogP contribution >= 0.6 is 0 Å². The number of hydrogen-bond donors (Lipinski definition) is 3. The first-order valence-corrected chi connectivity index (χ1v) is 6.89. The fourth-order valence-corrected chi connectivity index (χ4v) is 2.00. The van der Waals surface area contributed by atoms with Crippen molar-refractivity contribution in [3.63, 3.8) is 0 Å². The molecule has 0 saturated carbocycles. The number of nitrogens with zero attached hydrogens (tertiary/aromatic N) is 1. The third-order valence-corrected chi connectivity index (χ3v) is 2.99. The van der Waals surface area contributed by atoms with Crippen LogP contribution in [0.1, 0.15) is 24.8 Å². The molecule has 0 bridgehead atoms. The summed E-state index contributed by atoms with van der Waals surface area (Å²) in [5.74, 6) is 0.576. The number of nitrogens with two attached hydrogens (primary N) is 1. The van der Waals surface area contributed by atoms with Crippen LogP contribution < -0.4 is 11.1 Å². The fourth-order valence-electron chi connectivity index (χ4n) is 2.00. The van der Waals surface area contributed by atoms with Gasteiger partial charge in [-0.25, -0.2) is 0 Å². The minimum atomic E-state index is -0.363. The summed E-state index contributed by atoms with van der Waals surface area (Å²) in [4.78, 5) is 4.34. The molecule has 2 atom stereocenters. The third kappa shape index (κ3) is 6.54. The molecular formula is C15H25N3O2. The van der Waals surface area contributed by atoms with Gasteiger partial charge in [0.25, 0.3) is 0 Å². The van der Waals surface area contributed by atoms with Crippen molar-refractivity contribution in [3.05, 3.63) is 35.9 Å². The average Bonchev–Trinajstić information content (AvgIpc) is 2.44. The summed E-state index contributed by atoms with van der Waals surface area (Å²) in [6.07, 6.45) is 0.303. The molecule has 0 spiro atoms. The molecule has 0 aliphatic rings. The Kier molecular flexibility index (Phi) is 7.69. The van der Waals surface area contributed by atoms with Gasteiger partial charge in [-0.05, 0) is 18.9 Å². The van der Waals surface area contributed by atoms with E-state index in [-0.39, 0.29) is 12.0 Å². The molecule has 0 saturated heterocycles. The molecule has 0 aliphatic carbocycles. The lowest BCUT2D eigenvalue weighted by molar-refractivity contribution is 0.175. The Hall–Kier alpha value is -1.59. The molecule has 0 heterocycles. The second-order valence-electron chi connectivity index (χ2n) is 4.84. The predicted octanol–water partition coefficient (Wildman–Crippen LogP) is 1.09. The van der Waals surface area contributed by atoms with Gasteiger partial charge in [-0.2, -0.15) is 0 Å². The van der Waals surface area contributed by atoms with Crippen molar-refractivity contribution in [2.45, 2.75) is 25.4 Å². The van der Waals surface area contributed by atoms with E-state index >= 15 is 0 Å². The van der Waals surface area contributed by atoms with Crippen molar-refractivity contribution >= 4 is 5.96 Å². The largest absolute Gasteiger partial charge is 0.393 e. The molecule has 1 rings (SSSR count). The fraction of sp³-hybridized carbons (Fsp3) is 0.533. The summed E-state index contributed by atoms with van der Waals surface area (Å²) < 4.78 is 4.93. The summed E-state index contributed by atoms with van der Waals surface area (Å²) in [7, 11) is 1.64. The van der Waals surface area contributed by atoms with Gasteiger partial charge >= 0.3 is 0 Å². The van der Waals surface area contributed by atoms with Gasteiger partial charge in [0.05, 0.1) is 12.7 Å². The second-order valence-corrected chi connectivity index (χ2v) is 4.84. The Morgan fingerprint density at radius 1 is 1.40 bits per heavy atom. The number of aliphatic imine (C=N–C) groups is 1. The highest BCUT2D eigenvalue weighted by molar-refractivity contribution is 5.77. The lowest BCUT2D eigenvalue weighted by Gasteiger charge is -2.17. The van der Waals surface area contributed by atoms with Crippen LogP contribution in [0.15, 0.2) is 35.3 Å². The van der Waals surface area contributed by atoms with E-state index in [9.17, 15) is 5.11 Å². The molecule has 20 heavy (non-hydrogen) atoms. The molecular weight excluding hydrogens is 254 g/mol. The Morgan fingerprint density at radius 3 is 2.70 bits per heavy atom. The monoisotopic (exact) mass is 279 g/mol. The van der Waals surface area contributed by atoms with Gasteiger partial charge < -0.3 is 20.9 Å². The molecule has 0 radical (unpaired) electrons. The van der Waals surface area contributed by atoms with E-state index in [1.807, 2.05) is 18.2 Å². The van der Waals surface area contributed by atoms with Crippen LogP contribution in [0.25, 0.3) is 0 Å². The van der Waals surface area contributed by atoms with E-state index in [0.29, 0.717) is 32.1 Å². The van der Waals surface area contributed by atoms with Crippen LogP contribution in [0.5, 0.6) is 0 Å². The smallest absolute Gasteiger partial charge is 0.188 e. The average molecular weight is 279 g/mol. The lowest BCUT2D eigenvalue weighted by atomic mass is 9.93. The van der Waals surface area contributed by atoms with Gasteiger partial charge in [0, 0.05) is 26.1 Å². The number of methoxy groups -OCH3 is 1. The first-order chi connectivity index (χ1) is 9.63. The molecule has 0 aromatic heterocycles. The summed E-state index contributed by atoms with van der Waals surface area (Å²) in [6, 6.07) is 10.1. The molecule has 0 aliphatic heterocycles. The Labute approximate surface area is 120 Å².